The van der Waals surface area contributed by atoms with Gasteiger partial charge in [-0.3, -0.25) is 0 Å². The summed E-state index contributed by atoms with van der Waals surface area (Å²) in [5.74, 6) is 0. The molecule has 102 valence electrons. The van der Waals surface area contributed by atoms with Crippen LogP contribution in [0.3, 0.4) is 0 Å². The van der Waals surface area contributed by atoms with Gasteiger partial charge in [-0.15, -0.1) is 0 Å². The fourth-order valence-corrected chi connectivity index (χ4v) is 1.71. The van der Waals surface area contributed by atoms with E-state index in [9.17, 15) is 4.79 Å². The van der Waals surface area contributed by atoms with Gasteiger partial charge >= 0.3 is 6.09 Å². The van der Waals surface area contributed by atoms with Gasteiger partial charge in [0, 0.05) is 13.1 Å². The first-order valence-corrected chi connectivity index (χ1v) is 6.78. The molecule has 0 aromatic carbocycles. The predicted molar refractivity (Wildman–Crippen MR) is 69.1 cm³/mol. The van der Waals surface area contributed by atoms with Crippen molar-refractivity contribution in [2.45, 2.75) is 52.4 Å². The van der Waals surface area contributed by atoms with Crippen LogP contribution in [0, 0.1) is 0 Å². The van der Waals surface area contributed by atoms with Gasteiger partial charge in [-0.1, -0.05) is 39.0 Å². The van der Waals surface area contributed by atoms with Gasteiger partial charge in [-0.05, 0) is 13.3 Å². The number of hydrogen-bond donors (Lipinski definition) is 1. The third kappa shape index (κ3) is 8.98. The molecule has 0 bridgehead atoms. The number of unbranched alkanes of at least 4 members (excludes halogenated alkanes) is 5. The van der Waals surface area contributed by atoms with Crippen molar-refractivity contribution in [2.24, 2.45) is 0 Å². The monoisotopic (exact) mass is 245 g/mol. The van der Waals surface area contributed by atoms with Gasteiger partial charge < -0.3 is 14.7 Å². The number of amides is 1. The van der Waals surface area contributed by atoms with Gasteiger partial charge in [-0.25, -0.2) is 4.79 Å². The Hall–Kier alpha value is -0.770. The lowest BCUT2D eigenvalue weighted by atomic mass is 10.1. The van der Waals surface area contributed by atoms with E-state index >= 15 is 0 Å². The van der Waals surface area contributed by atoms with Gasteiger partial charge in [0.2, 0.25) is 0 Å². The van der Waals surface area contributed by atoms with Crippen molar-refractivity contribution >= 4 is 6.09 Å². The molecule has 17 heavy (non-hydrogen) atoms. The number of carbonyl (C=O) groups excluding carboxylic acids is 1. The molecule has 0 heterocycles. The Labute approximate surface area is 105 Å². The summed E-state index contributed by atoms with van der Waals surface area (Å²) in [6.45, 7) is 5.43. The zero-order valence-electron chi connectivity index (χ0n) is 11.3. The molecule has 0 spiro atoms. The molecule has 0 aliphatic heterocycles. The molecule has 0 atom stereocenters. The summed E-state index contributed by atoms with van der Waals surface area (Å²) in [4.78, 5) is 13.1. The number of rotatable bonds is 10. The van der Waals surface area contributed by atoms with Crippen molar-refractivity contribution < 1.29 is 14.6 Å². The lowest BCUT2D eigenvalue weighted by molar-refractivity contribution is 0.0976. The van der Waals surface area contributed by atoms with Crippen molar-refractivity contribution in [2.75, 3.05) is 26.3 Å². The van der Waals surface area contributed by atoms with Crippen molar-refractivity contribution in [1.29, 1.82) is 0 Å². The van der Waals surface area contributed by atoms with E-state index in [0.29, 0.717) is 19.7 Å². The van der Waals surface area contributed by atoms with Crippen molar-refractivity contribution in [3.8, 4) is 0 Å². The van der Waals surface area contributed by atoms with Crippen LogP contribution in [-0.2, 0) is 4.74 Å². The predicted octanol–water partition coefficient (Wildman–Crippen LogP) is 2.80. The molecule has 0 saturated heterocycles. The lowest BCUT2D eigenvalue weighted by Gasteiger charge is -2.20. The minimum absolute atomic E-state index is 0.00531. The van der Waals surface area contributed by atoms with Crippen molar-refractivity contribution in [3.05, 3.63) is 0 Å². The molecule has 1 amide bonds. The van der Waals surface area contributed by atoms with Gasteiger partial charge in [0.15, 0.2) is 0 Å². The number of aliphatic hydroxyl groups excluding tert-OH is 1. The van der Waals surface area contributed by atoms with Crippen LogP contribution in [0.2, 0.25) is 0 Å². The van der Waals surface area contributed by atoms with Gasteiger partial charge in [0.25, 0.3) is 0 Å². The zero-order chi connectivity index (χ0) is 12.9. The first kappa shape index (κ1) is 16.2. The van der Waals surface area contributed by atoms with Gasteiger partial charge in [0.1, 0.15) is 0 Å². The Morgan fingerprint density at radius 1 is 1.06 bits per heavy atom. The molecule has 0 saturated carbocycles. The summed E-state index contributed by atoms with van der Waals surface area (Å²) in [6.07, 6.45) is 6.86. The summed E-state index contributed by atoms with van der Waals surface area (Å²) in [7, 11) is 0. The molecule has 1 N–H and O–H groups in total. The number of nitrogens with zero attached hydrogens (tertiary/aromatic N) is 1. The highest BCUT2D eigenvalue weighted by Crippen LogP contribution is 2.06. The Bertz CT molecular complexity index is 186. The fourth-order valence-electron chi connectivity index (χ4n) is 1.71. The summed E-state index contributed by atoms with van der Waals surface area (Å²) < 4.78 is 4.93. The molecular formula is C13H27NO3. The number of hydrogen-bond acceptors (Lipinski definition) is 3. The van der Waals surface area contributed by atoms with E-state index in [1.807, 2.05) is 0 Å². The summed E-state index contributed by atoms with van der Waals surface area (Å²) >= 11 is 0. The Morgan fingerprint density at radius 3 is 2.29 bits per heavy atom. The fraction of sp³-hybridized carbons (Fsp3) is 0.923. The first-order chi connectivity index (χ1) is 8.26. The minimum atomic E-state index is -0.310. The maximum atomic E-state index is 11.5. The Morgan fingerprint density at radius 2 is 1.71 bits per heavy atom. The largest absolute Gasteiger partial charge is 0.450 e. The molecule has 0 aromatic heterocycles. The quantitative estimate of drug-likeness (QED) is 0.602. The SMILES string of the molecule is CCCCCCCCN(CCO)C(=O)OCC. The van der Waals surface area contributed by atoms with E-state index in [-0.39, 0.29) is 12.7 Å². The van der Waals surface area contributed by atoms with Crippen LogP contribution >= 0.6 is 0 Å². The van der Waals surface area contributed by atoms with Gasteiger partial charge in [0.05, 0.1) is 13.2 Å². The maximum absolute atomic E-state index is 11.5. The third-order valence-electron chi connectivity index (χ3n) is 2.68. The maximum Gasteiger partial charge on any atom is 0.409 e. The smallest absolute Gasteiger partial charge is 0.409 e. The molecule has 4 heteroatoms. The van der Waals surface area contributed by atoms with E-state index in [2.05, 4.69) is 6.92 Å². The molecule has 0 radical (unpaired) electrons. The second-order valence-electron chi connectivity index (χ2n) is 4.18. The average molecular weight is 245 g/mol. The normalized spacial score (nSPS) is 10.3. The summed E-state index contributed by atoms with van der Waals surface area (Å²) in [5, 5.41) is 8.88. The summed E-state index contributed by atoms with van der Waals surface area (Å²) in [5.41, 5.74) is 0. The lowest BCUT2D eigenvalue weighted by Crippen LogP contribution is -2.34. The molecular weight excluding hydrogens is 218 g/mol. The Kier molecular flexibility index (Phi) is 11.2. The number of aliphatic hydroxyl groups is 1. The van der Waals surface area contributed by atoms with Crippen LogP contribution in [-0.4, -0.2) is 42.4 Å². The average Bonchev–Trinajstić information content (AvgIpc) is 2.32. The van der Waals surface area contributed by atoms with E-state index in [1.165, 1.54) is 25.7 Å². The Balaban J connectivity index is 3.65. The molecule has 0 fully saturated rings. The molecule has 0 aromatic rings. The van der Waals surface area contributed by atoms with Crippen LogP contribution in [0.15, 0.2) is 0 Å². The molecule has 0 aliphatic carbocycles. The zero-order valence-corrected chi connectivity index (χ0v) is 11.3. The van der Waals surface area contributed by atoms with Crippen LogP contribution in [0.1, 0.15) is 52.4 Å². The second-order valence-corrected chi connectivity index (χ2v) is 4.18. The molecule has 0 aliphatic rings. The minimum Gasteiger partial charge on any atom is -0.450 e. The van der Waals surface area contributed by atoms with Crippen molar-refractivity contribution in [1.82, 2.24) is 4.90 Å². The highest BCUT2D eigenvalue weighted by Gasteiger charge is 2.12. The standard InChI is InChI=1S/C13H27NO3/c1-3-5-6-7-8-9-10-14(11-12-15)13(16)17-4-2/h15H,3-12H2,1-2H3. The van der Waals surface area contributed by atoms with E-state index in [4.69, 9.17) is 9.84 Å². The van der Waals surface area contributed by atoms with Crippen LogP contribution in [0.5, 0.6) is 0 Å². The highest BCUT2D eigenvalue weighted by atomic mass is 16.6. The molecule has 4 nitrogen and oxygen atoms in total. The highest BCUT2D eigenvalue weighted by molar-refractivity contribution is 5.67. The topological polar surface area (TPSA) is 49.8 Å². The molecule has 0 rings (SSSR count). The van der Waals surface area contributed by atoms with Crippen LogP contribution < -0.4 is 0 Å². The first-order valence-electron chi connectivity index (χ1n) is 6.78. The molecule has 0 unspecified atom stereocenters. The van der Waals surface area contributed by atoms with E-state index < -0.39 is 0 Å². The third-order valence-corrected chi connectivity index (χ3v) is 2.68. The van der Waals surface area contributed by atoms with Crippen LogP contribution in [0.4, 0.5) is 4.79 Å². The summed E-state index contributed by atoms with van der Waals surface area (Å²) in [6, 6.07) is 0. The number of ether oxygens (including phenoxy) is 1. The second kappa shape index (κ2) is 11.7. The van der Waals surface area contributed by atoms with Gasteiger partial charge in [-0.2, -0.15) is 0 Å². The van der Waals surface area contributed by atoms with Crippen molar-refractivity contribution in [3.63, 3.8) is 0 Å². The van der Waals surface area contributed by atoms with Crippen LogP contribution in [0.25, 0.3) is 0 Å². The van der Waals surface area contributed by atoms with E-state index in [0.717, 1.165) is 12.8 Å². The van der Waals surface area contributed by atoms with E-state index in [1.54, 1.807) is 11.8 Å². The number of carbonyl (C=O) groups is 1.